The van der Waals surface area contributed by atoms with E-state index in [0.29, 0.717) is 17.2 Å². The van der Waals surface area contributed by atoms with E-state index >= 15 is 0 Å². The predicted molar refractivity (Wildman–Crippen MR) is 108 cm³/mol. The molecule has 0 radical (unpaired) electrons. The number of nitrogens with one attached hydrogen (secondary N) is 2. The summed E-state index contributed by atoms with van der Waals surface area (Å²) in [6.07, 6.45) is 0. The molecular weight excluding hydrogens is 372 g/mol. The van der Waals surface area contributed by atoms with Gasteiger partial charge in [0.05, 0.1) is 19.3 Å². The maximum atomic E-state index is 12.2. The van der Waals surface area contributed by atoms with Gasteiger partial charge in [0.2, 0.25) is 5.91 Å². The van der Waals surface area contributed by atoms with Gasteiger partial charge < -0.3 is 24.5 Å². The van der Waals surface area contributed by atoms with E-state index in [1.165, 1.54) is 7.11 Å². The highest BCUT2D eigenvalue weighted by Crippen LogP contribution is 2.22. The highest BCUT2D eigenvalue weighted by molar-refractivity contribution is 5.98. The molecule has 7 nitrogen and oxygen atoms in total. The molecule has 2 amide bonds. The van der Waals surface area contributed by atoms with Crippen LogP contribution in [0.5, 0.6) is 11.5 Å². The monoisotopic (exact) mass is 394 g/mol. The molecule has 2 N–H and O–H groups in total. The lowest BCUT2D eigenvalue weighted by Crippen LogP contribution is -2.32. The summed E-state index contributed by atoms with van der Waals surface area (Å²) in [6, 6.07) is 17.9. The van der Waals surface area contributed by atoms with Crippen LogP contribution < -0.4 is 20.1 Å². The van der Waals surface area contributed by atoms with Gasteiger partial charge in [-0.25, -0.2) is 0 Å². The number of methoxy groups -OCH3 is 1. The lowest BCUT2D eigenvalue weighted by molar-refractivity contribution is -0.115. The standard InChI is InChI=1S/C22H22N2O5/c1-15-7-3-5-9-18(15)28-14-16-11-12-20(29-16)22(26)23-13-21(25)24-17-8-4-6-10-19(17)27-2/h3-12H,13-14H2,1-2H3,(H,23,26)(H,24,25). The molecule has 1 heterocycles. The average Bonchev–Trinajstić information content (AvgIpc) is 3.21. The van der Waals surface area contributed by atoms with Crippen molar-refractivity contribution in [1.82, 2.24) is 5.32 Å². The number of amides is 2. The van der Waals surface area contributed by atoms with Crippen molar-refractivity contribution in [1.29, 1.82) is 0 Å². The number of benzene rings is 2. The Labute approximate surface area is 168 Å². The van der Waals surface area contributed by atoms with E-state index in [0.717, 1.165) is 11.3 Å². The van der Waals surface area contributed by atoms with E-state index in [1.807, 2.05) is 31.2 Å². The molecular formula is C22H22N2O5. The van der Waals surface area contributed by atoms with E-state index in [1.54, 1.807) is 36.4 Å². The maximum absolute atomic E-state index is 12.2. The van der Waals surface area contributed by atoms with Gasteiger partial charge >= 0.3 is 0 Å². The number of hydrogen-bond donors (Lipinski definition) is 2. The first kappa shape index (κ1) is 20.0. The van der Waals surface area contributed by atoms with Crippen molar-refractivity contribution >= 4 is 17.5 Å². The Morgan fingerprint density at radius 3 is 2.45 bits per heavy atom. The van der Waals surface area contributed by atoms with Crippen LogP contribution in [0.2, 0.25) is 0 Å². The maximum Gasteiger partial charge on any atom is 0.287 e. The van der Waals surface area contributed by atoms with E-state index in [4.69, 9.17) is 13.9 Å². The zero-order valence-electron chi connectivity index (χ0n) is 16.2. The van der Waals surface area contributed by atoms with Crippen molar-refractivity contribution in [2.75, 3.05) is 19.0 Å². The SMILES string of the molecule is COc1ccccc1NC(=O)CNC(=O)c1ccc(COc2ccccc2C)o1. The third kappa shape index (κ3) is 5.38. The largest absolute Gasteiger partial charge is 0.495 e. The minimum atomic E-state index is -0.484. The molecule has 2 aromatic carbocycles. The molecule has 0 fully saturated rings. The fraction of sp³-hybridized carbons (Fsp3) is 0.182. The summed E-state index contributed by atoms with van der Waals surface area (Å²) in [5.74, 6) is 1.05. The molecule has 0 aliphatic heterocycles. The lowest BCUT2D eigenvalue weighted by atomic mass is 10.2. The summed E-state index contributed by atoms with van der Waals surface area (Å²) < 4.78 is 16.4. The van der Waals surface area contributed by atoms with E-state index in [-0.39, 0.29) is 24.8 Å². The van der Waals surface area contributed by atoms with Gasteiger partial charge in [0, 0.05) is 0 Å². The summed E-state index contributed by atoms with van der Waals surface area (Å²) >= 11 is 0. The smallest absolute Gasteiger partial charge is 0.287 e. The van der Waals surface area contributed by atoms with Gasteiger partial charge in [0.15, 0.2) is 5.76 Å². The summed E-state index contributed by atoms with van der Waals surface area (Å²) in [7, 11) is 1.52. The summed E-state index contributed by atoms with van der Waals surface area (Å²) in [6.45, 7) is 1.95. The van der Waals surface area contributed by atoms with Crippen molar-refractivity contribution in [3.63, 3.8) is 0 Å². The van der Waals surface area contributed by atoms with Crippen molar-refractivity contribution in [3.8, 4) is 11.5 Å². The van der Waals surface area contributed by atoms with Crippen LogP contribution in [0.4, 0.5) is 5.69 Å². The number of furan rings is 1. The molecule has 3 aromatic rings. The molecule has 0 saturated heterocycles. The average molecular weight is 394 g/mol. The highest BCUT2D eigenvalue weighted by atomic mass is 16.5. The molecule has 0 spiro atoms. The molecule has 0 saturated carbocycles. The molecule has 150 valence electrons. The number of aryl methyl sites for hydroxylation is 1. The van der Waals surface area contributed by atoms with E-state index in [9.17, 15) is 9.59 Å². The third-order valence-corrected chi connectivity index (χ3v) is 4.14. The third-order valence-electron chi connectivity index (χ3n) is 4.14. The number of carbonyl (C=O) groups excluding carboxylic acids is 2. The van der Waals surface area contributed by atoms with Crippen molar-refractivity contribution in [2.45, 2.75) is 13.5 Å². The summed E-state index contributed by atoms with van der Waals surface area (Å²) in [5, 5.41) is 5.21. The summed E-state index contributed by atoms with van der Waals surface area (Å²) in [4.78, 5) is 24.3. The quantitative estimate of drug-likeness (QED) is 0.610. The Morgan fingerprint density at radius 1 is 0.966 bits per heavy atom. The Hall–Kier alpha value is -3.74. The second-order valence-corrected chi connectivity index (χ2v) is 6.25. The van der Waals surface area contributed by atoms with E-state index in [2.05, 4.69) is 10.6 Å². The molecule has 3 rings (SSSR count). The normalized spacial score (nSPS) is 10.3. The number of hydrogen-bond acceptors (Lipinski definition) is 5. The molecule has 0 unspecified atom stereocenters. The van der Waals surface area contributed by atoms with Gasteiger partial charge in [-0.1, -0.05) is 30.3 Å². The zero-order chi connectivity index (χ0) is 20.6. The number of carbonyl (C=O) groups is 2. The Morgan fingerprint density at radius 2 is 1.69 bits per heavy atom. The van der Waals surface area contributed by atoms with E-state index < -0.39 is 5.91 Å². The van der Waals surface area contributed by atoms with Gasteiger partial charge in [-0.2, -0.15) is 0 Å². The first-order chi connectivity index (χ1) is 14.1. The molecule has 1 aromatic heterocycles. The minimum Gasteiger partial charge on any atom is -0.495 e. The molecule has 0 bridgehead atoms. The lowest BCUT2D eigenvalue weighted by Gasteiger charge is -2.10. The zero-order valence-corrected chi connectivity index (χ0v) is 16.2. The van der Waals surface area contributed by atoms with Crippen LogP contribution in [0, 0.1) is 6.92 Å². The van der Waals surface area contributed by atoms with Gasteiger partial charge in [0.1, 0.15) is 23.9 Å². The highest BCUT2D eigenvalue weighted by Gasteiger charge is 2.14. The molecule has 0 aliphatic rings. The first-order valence-corrected chi connectivity index (χ1v) is 9.05. The van der Waals surface area contributed by atoms with Crippen LogP contribution in [0.3, 0.4) is 0 Å². The number of ether oxygens (including phenoxy) is 2. The predicted octanol–water partition coefficient (Wildman–Crippen LogP) is 3.54. The van der Waals surface area contributed by atoms with Crippen molar-refractivity contribution in [2.24, 2.45) is 0 Å². The number of para-hydroxylation sites is 3. The Bertz CT molecular complexity index is 996. The Balaban J connectivity index is 1.50. The topological polar surface area (TPSA) is 89.8 Å². The van der Waals surface area contributed by atoms with Crippen molar-refractivity contribution < 1.29 is 23.5 Å². The number of rotatable bonds is 8. The molecule has 0 aliphatic carbocycles. The molecule has 7 heteroatoms. The fourth-order valence-electron chi connectivity index (χ4n) is 2.63. The second kappa shape index (κ2) is 9.45. The molecule has 0 atom stereocenters. The minimum absolute atomic E-state index is 0.110. The van der Waals surface area contributed by atoms with Gasteiger partial charge in [-0.3, -0.25) is 9.59 Å². The van der Waals surface area contributed by atoms with Crippen LogP contribution in [-0.4, -0.2) is 25.5 Å². The van der Waals surface area contributed by atoms with Crippen molar-refractivity contribution in [3.05, 3.63) is 77.7 Å². The second-order valence-electron chi connectivity index (χ2n) is 6.25. The van der Waals surface area contributed by atoms with Crippen LogP contribution in [-0.2, 0) is 11.4 Å². The van der Waals surface area contributed by atoms with Crippen LogP contribution in [0.1, 0.15) is 21.9 Å². The molecule has 29 heavy (non-hydrogen) atoms. The fourth-order valence-corrected chi connectivity index (χ4v) is 2.63. The van der Waals surface area contributed by atoms with Gasteiger partial charge in [-0.15, -0.1) is 0 Å². The van der Waals surface area contributed by atoms with Crippen LogP contribution >= 0.6 is 0 Å². The van der Waals surface area contributed by atoms with Gasteiger partial charge in [-0.05, 0) is 42.8 Å². The van der Waals surface area contributed by atoms with Crippen LogP contribution in [0.25, 0.3) is 0 Å². The number of anilines is 1. The van der Waals surface area contributed by atoms with Gasteiger partial charge in [0.25, 0.3) is 5.91 Å². The Kier molecular flexibility index (Phi) is 6.52. The first-order valence-electron chi connectivity index (χ1n) is 9.05. The summed E-state index contributed by atoms with van der Waals surface area (Å²) in [5.41, 5.74) is 1.54. The van der Waals surface area contributed by atoms with Crippen LogP contribution in [0.15, 0.2) is 65.1 Å².